The molecule has 0 atom stereocenters. The van der Waals surface area contributed by atoms with E-state index < -0.39 is 24.1 Å². The molecule has 0 amide bonds. The molecule has 0 saturated heterocycles. The average Bonchev–Trinajstić information content (AvgIpc) is 2.92. The highest BCUT2D eigenvalue weighted by Gasteiger charge is 2.44. The fourth-order valence-electron chi connectivity index (χ4n) is 4.80. The van der Waals surface area contributed by atoms with Crippen LogP contribution >= 0.6 is 0 Å². The first-order valence-corrected chi connectivity index (χ1v) is 16.4. The van der Waals surface area contributed by atoms with Crippen molar-refractivity contribution in [3.05, 3.63) is 89.5 Å². The van der Waals surface area contributed by atoms with Gasteiger partial charge in [-0.05, 0) is 82.6 Å². The highest BCUT2D eigenvalue weighted by Crippen LogP contribution is 2.27. The monoisotopic (exact) mass is 562 g/mol. The summed E-state index contributed by atoms with van der Waals surface area (Å²) in [6.07, 6.45) is 8.59. The summed E-state index contributed by atoms with van der Waals surface area (Å²) in [5.74, 6) is 0. The Bertz CT molecular complexity index is 1650. The van der Waals surface area contributed by atoms with Crippen LogP contribution in [0.15, 0.2) is 82.6 Å². The number of unbranched alkanes of at least 4 members (excludes halogenated alkanes) is 4. The smallest absolute Gasteiger partial charge is 0.359 e. The summed E-state index contributed by atoms with van der Waals surface area (Å²) in [7, 11) is -9.27. The van der Waals surface area contributed by atoms with Gasteiger partial charge in [0, 0.05) is 0 Å². The summed E-state index contributed by atoms with van der Waals surface area (Å²) in [5.41, 5.74) is 12.0. The first-order chi connectivity index (χ1) is 18.7. The Morgan fingerprint density at radius 3 is 1.36 bits per heavy atom. The lowest BCUT2D eigenvalue weighted by Gasteiger charge is -2.08. The van der Waals surface area contributed by atoms with Crippen LogP contribution in [0.3, 0.4) is 0 Å². The topological polar surface area (TPSA) is 105 Å². The predicted octanol–water partition coefficient (Wildman–Crippen LogP) is 7.29. The lowest BCUT2D eigenvalue weighted by molar-refractivity contribution is 0.00380. The van der Waals surface area contributed by atoms with Gasteiger partial charge in [0.25, 0.3) is 19.7 Å². The summed E-state index contributed by atoms with van der Waals surface area (Å²) >= 11 is 0. The molecule has 0 aromatic heterocycles. The van der Waals surface area contributed by atoms with Crippen LogP contribution in [-0.2, 0) is 32.5 Å². The van der Waals surface area contributed by atoms with E-state index in [2.05, 4.69) is 18.6 Å². The van der Waals surface area contributed by atoms with E-state index in [0.717, 1.165) is 73.3 Å². The number of hydrogen-bond donors (Lipinski definition) is 0. The van der Waals surface area contributed by atoms with Gasteiger partial charge in [-0.2, -0.15) is 0 Å². The lowest BCUT2D eigenvalue weighted by atomic mass is 10.0. The van der Waals surface area contributed by atoms with E-state index in [9.17, 15) is 22.4 Å². The molecule has 0 aliphatic rings. The molecule has 0 aliphatic heterocycles. The van der Waals surface area contributed by atoms with Crippen LogP contribution in [-0.4, -0.2) is 26.0 Å². The van der Waals surface area contributed by atoms with Gasteiger partial charge in [0.1, 0.15) is 0 Å². The van der Waals surface area contributed by atoms with Crippen molar-refractivity contribution in [1.29, 1.82) is 0 Å². The van der Waals surface area contributed by atoms with E-state index in [1.807, 2.05) is 36.4 Å². The first kappa shape index (κ1) is 28.7. The Morgan fingerprint density at radius 1 is 0.590 bits per heavy atom. The molecule has 0 fully saturated rings. The molecular weight excluding hydrogens is 528 g/mol. The second kappa shape index (κ2) is 12.2. The fraction of sp³-hybridized carbons (Fsp3) is 0.323. The third kappa shape index (κ3) is 6.30. The van der Waals surface area contributed by atoms with Crippen LogP contribution in [0.2, 0.25) is 0 Å². The van der Waals surface area contributed by atoms with Crippen molar-refractivity contribution in [2.75, 3.05) is 0 Å². The molecule has 6 nitrogen and oxygen atoms in total. The van der Waals surface area contributed by atoms with Gasteiger partial charge in [0.15, 0.2) is 0 Å². The summed E-state index contributed by atoms with van der Waals surface area (Å²) in [4.78, 5) is 2.30. The normalized spacial score (nSPS) is 12.1. The van der Waals surface area contributed by atoms with Crippen LogP contribution in [0.25, 0.3) is 27.1 Å². The molecule has 0 N–H and O–H groups in total. The van der Waals surface area contributed by atoms with Gasteiger partial charge < -0.3 is 5.53 Å². The number of benzene rings is 4. The summed E-state index contributed by atoms with van der Waals surface area (Å²) in [5, 5.41) is 3.03. The number of aryl methyl sites for hydroxylation is 2. The first-order valence-electron chi connectivity index (χ1n) is 13.5. The predicted molar refractivity (Wildman–Crippen MR) is 157 cm³/mol. The Balaban J connectivity index is 1.64. The van der Waals surface area contributed by atoms with E-state index in [1.165, 1.54) is 24.3 Å². The number of rotatable bonds is 10. The van der Waals surface area contributed by atoms with Crippen molar-refractivity contribution < 1.29 is 21.6 Å². The maximum Gasteiger partial charge on any atom is 0.504 e. The highest BCUT2D eigenvalue weighted by atomic mass is 32.3. The molecule has 0 saturated carbocycles. The van der Waals surface area contributed by atoms with Crippen molar-refractivity contribution in [1.82, 2.24) is 0 Å². The van der Waals surface area contributed by atoms with Gasteiger partial charge in [-0.15, -0.1) is 4.79 Å². The third-order valence-electron chi connectivity index (χ3n) is 7.05. The van der Waals surface area contributed by atoms with Crippen LogP contribution < -0.4 is 0 Å². The number of hydrogen-bond acceptors (Lipinski definition) is 4. The molecule has 204 valence electrons. The lowest BCUT2D eigenvalue weighted by Crippen LogP contribution is -2.26. The molecule has 0 spiro atoms. The van der Waals surface area contributed by atoms with Gasteiger partial charge in [0.2, 0.25) is 0 Å². The molecule has 0 unspecified atom stereocenters. The summed E-state index contributed by atoms with van der Waals surface area (Å²) in [6.45, 7) is 4.30. The van der Waals surface area contributed by atoms with Gasteiger partial charge in [-0.3, -0.25) is 0 Å². The standard InChI is InChI=1S/C31H34N2O4S2/c1-3-5-7-9-23-11-13-27-21-29(17-15-25(27)19-23)38(34,35)31(33-32)39(36,37)30-18-16-26-20-24(10-8-6-4-2)12-14-28(26)22-30/h11-22H,3-10H2,1-2H3. The van der Waals surface area contributed by atoms with Crippen molar-refractivity contribution >= 4 is 45.6 Å². The van der Waals surface area contributed by atoms with Crippen LogP contribution in [0, 0.1) is 0 Å². The van der Waals surface area contributed by atoms with E-state index >= 15 is 0 Å². The van der Waals surface area contributed by atoms with Gasteiger partial charge in [0.05, 0.1) is 9.79 Å². The number of sulfone groups is 2. The summed E-state index contributed by atoms with van der Waals surface area (Å²) < 4.78 is 52.4. The van der Waals surface area contributed by atoms with E-state index in [-0.39, 0.29) is 9.79 Å². The van der Waals surface area contributed by atoms with E-state index in [1.54, 1.807) is 12.1 Å². The van der Waals surface area contributed by atoms with Crippen LogP contribution in [0.5, 0.6) is 0 Å². The van der Waals surface area contributed by atoms with Crippen molar-refractivity contribution in [2.24, 2.45) is 0 Å². The van der Waals surface area contributed by atoms with Crippen molar-refractivity contribution in [2.45, 2.75) is 75.0 Å². The quantitative estimate of drug-likeness (QED) is 0.0665. The van der Waals surface area contributed by atoms with E-state index in [0.29, 0.717) is 10.8 Å². The molecule has 4 rings (SSSR count). The zero-order chi connectivity index (χ0) is 28.0. The minimum atomic E-state index is -4.64. The minimum Gasteiger partial charge on any atom is -0.359 e. The molecule has 0 aliphatic carbocycles. The number of nitrogens with zero attached hydrogens (tertiary/aromatic N) is 2. The average molecular weight is 563 g/mol. The third-order valence-corrected chi connectivity index (χ3v) is 11.2. The Labute approximate surface area is 231 Å². The molecule has 4 aromatic rings. The molecular formula is C31H34N2O4S2. The van der Waals surface area contributed by atoms with Crippen molar-refractivity contribution in [3.63, 3.8) is 0 Å². The maximum absolute atomic E-state index is 13.4. The highest BCUT2D eigenvalue weighted by molar-refractivity contribution is 8.31. The van der Waals surface area contributed by atoms with Gasteiger partial charge in [-0.25, -0.2) is 16.8 Å². The van der Waals surface area contributed by atoms with Gasteiger partial charge in [-0.1, -0.05) is 88.1 Å². The molecule has 8 heteroatoms. The zero-order valence-corrected chi connectivity index (χ0v) is 24.1. The summed E-state index contributed by atoms with van der Waals surface area (Å²) in [6, 6.07) is 20.5. The maximum atomic E-state index is 13.4. The molecule has 39 heavy (non-hydrogen) atoms. The Morgan fingerprint density at radius 2 is 0.974 bits per heavy atom. The van der Waals surface area contributed by atoms with Crippen LogP contribution in [0.1, 0.15) is 63.5 Å². The van der Waals surface area contributed by atoms with Crippen molar-refractivity contribution in [3.8, 4) is 0 Å². The zero-order valence-electron chi connectivity index (χ0n) is 22.4. The Hall–Kier alpha value is -3.32. The minimum absolute atomic E-state index is 0.248. The SMILES string of the molecule is CCCCCc1ccc2cc(S(=O)(=O)C(=[N+]=[N-])S(=O)(=O)c3ccc4cc(CCCCC)ccc4c3)ccc2c1. The largest absolute Gasteiger partial charge is 0.504 e. The molecule has 0 radical (unpaired) electrons. The molecule has 0 bridgehead atoms. The molecule has 4 aromatic carbocycles. The molecule has 0 heterocycles. The second-order valence-electron chi connectivity index (χ2n) is 9.97. The number of fused-ring (bicyclic) bond motifs is 2. The van der Waals surface area contributed by atoms with Crippen LogP contribution in [0.4, 0.5) is 0 Å². The van der Waals surface area contributed by atoms with E-state index in [4.69, 9.17) is 0 Å². The second-order valence-corrected chi connectivity index (χ2v) is 14.0. The van der Waals surface area contributed by atoms with Gasteiger partial charge >= 0.3 is 4.38 Å². The fourth-order valence-corrected chi connectivity index (χ4v) is 8.21. The Kier molecular flexibility index (Phi) is 9.01.